The van der Waals surface area contributed by atoms with Crippen LogP contribution in [0.5, 0.6) is 5.75 Å². The Morgan fingerprint density at radius 1 is 1.14 bits per heavy atom. The van der Waals surface area contributed by atoms with Gasteiger partial charge < -0.3 is 9.67 Å². The summed E-state index contributed by atoms with van der Waals surface area (Å²) in [7, 11) is 0. The average molecular weight is 292 g/mol. The van der Waals surface area contributed by atoms with Crippen LogP contribution in [-0.4, -0.2) is 27.7 Å². The van der Waals surface area contributed by atoms with Crippen molar-refractivity contribution < 1.29 is 5.11 Å². The molecular formula is C17H28N2O2. The number of aryl methyl sites for hydroxylation is 1. The number of nitrogens with zero attached hydrogens (tertiary/aromatic N) is 2. The average Bonchev–Trinajstić information content (AvgIpc) is 2.62. The highest BCUT2D eigenvalue weighted by Crippen LogP contribution is 2.25. The van der Waals surface area contributed by atoms with E-state index in [1.54, 1.807) is 0 Å². The molecule has 0 radical (unpaired) electrons. The highest BCUT2D eigenvalue weighted by molar-refractivity contribution is 5.31. The van der Waals surface area contributed by atoms with Crippen molar-refractivity contribution in [1.29, 1.82) is 0 Å². The van der Waals surface area contributed by atoms with E-state index in [9.17, 15) is 9.90 Å². The van der Waals surface area contributed by atoms with Crippen LogP contribution in [0.1, 0.15) is 57.8 Å². The lowest BCUT2D eigenvalue weighted by Crippen LogP contribution is -2.33. The Bertz CT molecular complexity index is 547. The van der Waals surface area contributed by atoms with Gasteiger partial charge in [-0.2, -0.15) is 0 Å². The summed E-state index contributed by atoms with van der Waals surface area (Å²) in [6.45, 7) is 11.0. The summed E-state index contributed by atoms with van der Waals surface area (Å²) in [5, 5.41) is 10.3. The van der Waals surface area contributed by atoms with Crippen LogP contribution in [0.15, 0.2) is 10.9 Å². The predicted octanol–water partition coefficient (Wildman–Crippen LogP) is 2.99. The second kappa shape index (κ2) is 6.22. The lowest BCUT2D eigenvalue weighted by atomic mass is 10.1. The third-order valence-corrected chi connectivity index (χ3v) is 4.21. The number of aromatic hydroxyl groups is 1. The molecule has 118 valence electrons. The molecule has 2 rings (SSSR count). The second-order valence-electron chi connectivity index (χ2n) is 7.14. The van der Waals surface area contributed by atoms with Gasteiger partial charge in [-0.1, -0.05) is 12.8 Å². The van der Waals surface area contributed by atoms with Gasteiger partial charge in [0.05, 0.1) is 5.69 Å². The zero-order chi connectivity index (χ0) is 15.6. The van der Waals surface area contributed by atoms with Crippen LogP contribution in [0.25, 0.3) is 0 Å². The number of rotatable bonds is 2. The molecule has 0 bridgehead atoms. The van der Waals surface area contributed by atoms with E-state index >= 15 is 0 Å². The summed E-state index contributed by atoms with van der Waals surface area (Å²) in [6, 6.07) is 1.53. The molecule has 2 heterocycles. The van der Waals surface area contributed by atoms with Crippen LogP contribution in [0.2, 0.25) is 0 Å². The molecule has 1 N–H and O–H groups in total. The molecule has 4 nitrogen and oxygen atoms in total. The maximum absolute atomic E-state index is 12.0. The molecule has 1 saturated heterocycles. The van der Waals surface area contributed by atoms with Crippen molar-refractivity contribution in [1.82, 2.24) is 9.47 Å². The van der Waals surface area contributed by atoms with Crippen LogP contribution in [0.3, 0.4) is 0 Å². The topological polar surface area (TPSA) is 45.5 Å². The summed E-state index contributed by atoms with van der Waals surface area (Å²) in [6.07, 6.45) is 4.96. The molecule has 1 aliphatic heterocycles. The van der Waals surface area contributed by atoms with Crippen LogP contribution in [0.4, 0.5) is 0 Å². The van der Waals surface area contributed by atoms with Crippen molar-refractivity contribution in [2.75, 3.05) is 13.1 Å². The summed E-state index contributed by atoms with van der Waals surface area (Å²) >= 11 is 0. The van der Waals surface area contributed by atoms with Gasteiger partial charge in [-0.25, -0.2) is 0 Å². The molecule has 0 aliphatic carbocycles. The lowest BCUT2D eigenvalue weighted by Gasteiger charge is -2.32. The minimum Gasteiger partial charge on any atom is -0.503 e. The fraction of sp³-hybridized carbons (Fsp3) is 0.706. The Balaban J connectivity index is 2.43. The number of pyridine rings is 1. The fourth-order valence-electron chi connectivity index (χ4n) is 3.37. The van der Waals surface area contributed by atoms with Crippen LogP contribution in [0, 0.1) is 6.92 Å². The Morgan fingerprint density at radius 2 is 1.71 bits per heavy atom. The maximum Gasteiger partial charge on any atom is 0.223 e. The molecule has 4 heteroatoms. The molecule has 0 aromatic carbocycles. The number of aromatic nitrogens is 1. The Labute approximate surface area is 127 Å². The summed E-state index contributed by atoms with van der Waals surface area (Å²) in [4.78, 5) is 14.3. The van der Waals surface area contributed by atoms with Crippen molar-refractivity contribution in [2.45, 2.75) is 65.5 Å². The number of hydrogen-bond donors (Lipinski definition) is 1. The third-order valence-electron chi connectivity index (χ3n) is 4.21. The van der Waals surface area contributed by atoms with E-state index in [-0.39, 0.29) is 16.7 Å². The van der Waals surface area contributed by atoms with Gasteiger partial charge in [0.2, 0.25) is 5.43 Å². The SMILES string of the molecule is Cc1cc(=O)c(O)c(CN2CCCCCC2)n1C(C)(C)C. The minimum atomic E-state index is -0.266. The van der Waals surface area contributed by atoms with E-state index in [0.29, 0.717) is 6.54 Å². The van der Waals surface area contributed by atoms with Crippen LogP contribution in [-0.2, 0) is 12.1 Å². The van der Waals surface area contributed by atoms with Gasteiger partial charge in [-0.05, 0) is 53.6 Å². The molecule has 21 heavy (non-hydrogen) atoms. The van der Waals surface area contributed by atoms with Gasteiger partial charge in [0.15, 0.2) is 5.75 Å². The van der Waals surface area contributed by atoms with Crippen LogP contribution < -0.4 is 5.43 Å². The molecule has 1 aromatic rings. The van der Waals surface area contributed by atoms with Gasteiger partial charge in [-0.15, -0.1) is 0 Å². The molecular weight excluding hydrogens is 264 g/mol. The Kier molecular flexibility index (Phi) is 4.77. The van der Waals surface area contributed by atoms with E-state index in [2.05, 4.69) is 30.2 Å². The zero-order valence-electron chi connectivity index (χ0n) is 13.8. The normalized spacial score (nSPS) is 17.7. The van der Waals surface area contributed by atoms with E-state index in [1.165, 1.54) is 31.7 Å². The predicted molar refractivity (Wildman–Crippen MR) is 85.8 cm³/mol. The summed E-state index contributed by atoms with van der Waals surface area (Å²) in [5.41, 5.74) is 1.25. The maximum atomic E-state index is 12.0. The van der Waals surface area contributed by atoms with Crippen molar-refractivity contribution in [3.8, 4) is 5.75 Å². The highest BCUT2D eigenvalue weighted by Gasteiger charge is 2.23. The largest absolute Gasteiger partial charge is 0.503 e. The van der Waals surface area contributed by atoms with Crippen molar-refractivity contribution >= 4 is 0 Å². The smallest absolute Gasteiger partial charge is 0.223 e. The first-order chi connectivity index (χ1) is 9.80. The van der Waals surface area contributed by atoms with E-state index in [0.717, 1.165) is 24.5 Å². The number of likely N-dealkylation sites (tertiary alicyclic amines) is 1. The van der Waals surface area contributed by atoms with Crippen molar-refractivity contribution in [3.63, 3.8) is 0 Å². The molecule has 0 unspecified atom stereocenters. The van der Waals surface area contributed by atoms with Crippen molar-refractivity contribution in [3.05, 3.63) is 27.7 Å². The molecule has 0 spiro atoms. The molecule has 1 fully saturated rings. The first-order valence-corrected chi connectivity index (χ1v) is 7.98. The van der Waals surface area contributed by atoms with Gasteiger partial charge >= 0.3 is 0 Å². The standard InChI is InChI=1S/C17H28N2O2/c1-13-11-15(20)16(21)14(19(13)17(2,3)4)12-18-9-7-5-6-8-10-18/h11,21H,5-10,12H2,1-4H3. The monoisotopic (exact) mass is 292 g/mol. The molecule has 0 atom stereocenters. The van der Waals surface area contributed by atoms with Crippen LogP contribution >= 0.6 is 0 Å². The second-order valence-corrected chi connectivity index (χ2v) is 7.14. The van der Waals surface area contributed by atoms with Gasteiger partial charge in [-0.3, -0.25) is 9.69 Å². The molecule has 0 amide bonds. The zero-order valence-corrected chi connectivity index (χ0v) is 13.8. The first-order valence-electron chi connectivity index (χ1n) is 7.98. The van der Waals surface area contributed by atoms with E-state index in [4.69, 9.17) is 0 Å². The van der Waals surface area contributed by atoms with Gasteiger partial charge in [0.1, 0.15) is 0 Å². The summed E-state index contributed by atoms with van der Waals surface area (Å²) in [5.74, 6) is -0.0835. The van der Waals surface area contributed by atoms with E-state index < -0.39 is 0 Å². The van der Waals surface area contributed by atoms with Gasteiger partial charge in [0, 0.05) is 23.8 Å². The Morgan fingerprint density at radius 3 is 2.24 bits per heavy atom. The third kappa shape index (κ3) is 3.67. The van der Waals surface area contributed by atoms with Crippen molar-refractivity contribution in [2.24, 2.45) is 0 Å². The lowest BCUT2D eigenvalue weighted by molar-refractivity contribution is 0.249. The first kappa shape index (κ1) is 16.1. The van der Waals surface area contributed by atoms with E-state index in [1.807, 2.05) is 6.92 Å². The Hall–Kier alpha value is -1.29. The molecule has 1 aromatic heterocycles. The fourth-order valence-corrected chi connectivity index (χ4v) is 3.37. The number of hydrogen-bond acceptors (Lipinski definition) is 3. The minimum absolute atomic E-state index is 0.0835. The van der Waals surface area contributed by atoms with Gasteiger partial charge in [0.25, 0.3) is 0 Å². The molecule has 0 saturated carbocycles. The summed E-state index contributed by atoms with van der Waals surface area (Å²) < 4.78 is 2.11. The highest BCUT2D eigenvalue weighted by atomic mass is 16.3. The molecule has 1 aliphatic rings. The quantitative estimate of drug-likeness (QED) is 0.911.